The molecule has 0 fully saturated rings. The molecule has 0 bridgehead atoms. The van der Waals surface area contributed by atoms with Gasteiger partial charge in [-0.15, -0.1) is 11.3 Å². The van der Waals surface area contributed by atoms with Crippen molar-refractivity contribution in [1.29, 1.82) is 0 Å². The lowest BCUT2D eigenvalue weighted by atomic mass is 10.1. The molecule has 5 nitrogen and oxygen atoms in total. The van der Waals surface area contributed by atoms with E-state index >= 15 is 0 Å². The third kappa shape index (κ3) is 5.75. The number of benzene rings is 2. The number of carbonyl (C=O) groups excluding carboxylic acids is 1. The van der Waals surface area contributed by atoms with Gasteiger partial charge in [0.1, 0.15) is 0 Å². The number of aromatic nitrogens is 3. The molecule has 0 saturated heterocycles. The van der Waals surface area contributed by atoms with Gasteiger partial charge in [0.25, 0.3) is 5.91 Å². The van der Waals surface area contributed by atoms with Gasteiger partial charge in [-0.3, -0.25) is 9.78 Å². The molecule has 0 saturated carbocycles. The van der Waals surface area contributed by atoms with Crippen molar-refractivity contribution in [3.63, 3.8) is 0 Å². The maximum atomic E-state index is 12.5. The highest BCUT2D eigenvalue weighted by Crippen LogP contribution is 2.29. The van der Waals surface area contributed by atoms with Gasteiger partial charge in [-0.25, -0.2) is 4.98 Å². The number of amides is 1. The third-order valence-electron chi connectivity index (χ3n) is 5.62. The van der Waals surface area contributed by atoms with Crippen LogP contribution < -0.4 is 5.32 Å². The van der Waals surface area contributed by atoms with Crippen molar-refractivity contribution in [1.82, 2.24) is 19.9 Å². The smallest absolute Gasteiger partial charge is 0.251 e. The number of carbonyl (C=O) groups is 1. The van der Waals surface area contributed by atoms with Gasteiger partial charge in [0.15, 0.2) is 5.16 Å². The van der Waals surface area contributed by atoms with Crippen LogP contribution in [-0.2, 0) is 18.7 Å². The van der Waals surface area contributed by atoms with E-state index < -0.39 is 0 Å². The maximum Gasteiger partial charge on any atom is 0.251 e. The number of pyridine rings is 1. The van der Waals surface area contributed by atoms with E-state index in [1.165, 1.54) is 4.88 Å². The Kier molecular flexibility index (Phi) is 7.47. The molecule has 176 valence electrons. The standard InChI is InChI=1S/C27H23ClN4OS2/c28-23-6-2-1-4-21(23)18-35-27-31-24-12-13-29-16-25(24)32(27)17-19-7-9-20(10-8-19)26(33)30-14-11-22-5-3-15-34-22/h1-10,12-13,15-16H,11,14,17-18H2,(H,30,33). The Balaban J connectivity index is 1.29. The zero-order chi connectivity index (χ0) is 24.0. The van der Waals surface area contributed by atoms with Crippen LogP contribution in [0, 0.1) is 0 Å². The number of thiophene rings is 1. The van der Waals surface area contributed by atoms with E-state index in [1.54, 1.807) is 29.3 Å². The molecule has 8 heteroatoms. The van der Waals surface area contributed by atoms with E-state index in [2.05, 4.69) is 26.3 Å². The molecule has 1 N–H and O–H groups in total. The van der Waals surface area contributed by atoms with Gasteiger partial charge in [-0.1, -0.05) is 59.8 Å². The van der Waals surface area contributed by atoms with E-state index in [9.17, 15) is 4.79 Å². The number of nitrogens with zero attached hydrogens (tertiary/aromatic N) is 3. The van der Waals surface area contributed by atoms with Crippen LogP contribution in [0.1, 0.15) is 26.4 Å². The minimum Gasteiger partial charge on any atom is -0.352 e. The summed E-state index contributed by atoms with van der Waals surface area (Å²) in [5, 5.41) is 6.72. The molecule has 0 aliphatic heterocycles. The summed E-state index contributed by atoms with van der Waals surface area (Å²) in [5.41, 5.74) is 4.70. The average Bonchev–Trinajstić information content (AvgIpc) is 3.52. The molecule has 3 aromatic heterocycles. The number of nitrogens with one attached hydrogen (secondary N) is 1. The van der Waals surface area contributed by atoms with Gasteiger partial charge in [-0.2, -0.15) is 0 Å². The first-order valence-electron chi connectivity index (χ1n) is 11.2. The fraction of sp³-hybridized carbons (Fsp3) is 0.148. The number of rotatable bonds is 9. The number of halogens is 1. The van der Waals surface area contributed by atoms with E-state index in [-0.39, 0.29) is 5.91 Å². The van der Waals surface area contributed by atoms with E-state index in [4.69, 9.17) is 16.6 Å². The molecule has 0 unspecified atom stereocenters. The molecular weight excluding hydrogens is 496 g/mol. The second-order valence-electron chi connectivity index (χ2n) is 8.01. The van der Waals surface area contributed by atoms with Crippen LogP contribution in [0.2, 0.25) is 5.02 Å². The van der Waals surface area contributed by atoms with E-state index in [1.807, 2.05) is 66.9 Å². The first-order chi connectivity index (χ1) is 17.2. The predicted octanol–water partition coefficient (Wildman–Crippen LogP) is 6.46. The molecule has 5 aromatic rings. The fourth-order valence-corrected chi connectivity index (χ4v) is 5.78. The molecule has 0 aliphatic rings. The largest absolute Gasteiger partial charge is 0.352 e. The number of hydrogen-bond acceptors (Lipinski definition) is 5. The van der Waals surface area contributed by atoms with E-state index in [0.717, 1.165) is 44.5 Å². The van der Waals surface area contributed by atoms with Gasteiger partial charge >= 0.3 is 0 Å². The molecule has 3 heterocycles. The summed E-state index contributed by atoms with van der Waals surface area (Å²) in [6.45, 7) is 1.26. The lowest BCUT2D eigenvalue weighted by molar-refractivity contribution is 0.0954. The summed E-state index contributed by atoms with van der Waals surface area (Å²) in [7, 11) is 0. The summed E-state index contributed by atoms with van der Waals surface area (Å²) in [6, 6.07) is 21.7. The Hall–Kier alpha value is -3.13. The average molecular weight is 519 g/mol. The Bertz CT molecular complexity index is 1430. The SMILES string of the molecule is O=C(NCCc1cccs1)c1ccc(Cn2c(SCc3ccccc3Cl)nc3ccncc32)cc1. The predicted molar refractivity (Wildman–Crippen MR) is 144 cm³/mol. The first kappa shape index (κ1) is 23.6. The summed E-state index contributed by atoms with van der Waals surface area (Å²) in [4.78, 5) is 22.9. The van der Waals surface area contributed by atoms with Gasteiger partial charge < -0.3 is 9.88 Å². The maximum absolute atomic E-state index is 12.5. The number of hydrogen-bond donors (Lipinski definition) is 1. The zero-order valence-electron chi connectivity index (χ0n) is 18.9. The number of fused-ring (bicyclic) bond motifs is 1. The third-order valence-corrected chi connectivity index (χ3v) is 7.95. The van der Waals surface area contributed by atoms with Crippen LogP contribution in [0.4, 0.5) is 0 Å². The minimum atomic E-state index is -0.0543. The molecule has 0 atom stereocenters. The van der Waals surface area contributed by atoms with Crippen molar-refractivity contribution >= 4 is 51.6 Å². The second-order valence-corrected chi connectivity index (χ2v) is 10.4. The molecule has 0 spiro atoms. The molecule has 0 radical (unpaired) electrons. The summed E-state index contributed by atoms with van der Waals surface area (Å²) >= 11 is 9.71. The fourth-order valence-electron chi connectivity index (χ4n) is 3.77. The van der Waals surface area contributed by atoms with Gasteiger partial charge in [0.2, 0.25) is 0 Å². The molecule has 5 rings (SSSR count). The van der Waals surface area contributed by atoms with Crippen molar-refractivity contribution in [3.8, 4) is 0 Å². The molecule has 1 amide bonds. The van der Waals surface area contributed by atoms with Crippen molar-refractivity contribution < 1.29 is 4.79 Å². The summed E-state index contributed by atoms with van der Waals surface area (Å²) in [5.74, 6) is 0.669. The lowest BCUT2D eigenvalue weighted by Crippen LogP contribution is -2.25. The normalized spacial score (nSPS) is 11.1. The highest BCUT2D eigenvalue weighted by Gasteiger charge is 2.13. The van der Waals surface area contributed by atoms with Crippen LogP contribution in [0.3, 0.4) is 0 Å². The van der Waals surface area contributed by atoms with Crippen LogP contribution in [0.15, 0.2) is 89.7 Å². The number of thioether (sulfide) groups is 1. The quantitative estimate of drug-likeness (QED) is 0.227. The van der Waals surface area contributed by atoms with Crippen molar-refractivity contribution in [2.45, 2.75) is 23.9 Å². The Morgan fingerprint density at radius 2 is 1.91 bits per heavy atom. The topological polar surface area (TPSA) is 59.8 Å². The minimum absolute atomic E-state index is 0.0543. The van der Waals surface area contributed by atoms with Crippen LogP contribution in [-0.4, -0.2) is 27.0 Å². The Morgan fingerprint density at radius 3 is 2.71 bits per heavy atom. The van der Waals surface area contributed by atoms with Gasteiger partial charge in [0, 0.05) is 34.0 Å². The van der Waals surface area contributed by atoms with Crippen molar-refractivity contribution in [3.05, 3.63) is 111 Å². The highest BCUT2D eigenvalue weighted by atomic mass is 35.5. The highest BCUT2D eigenvalue weighted by molar-refractivity contribution is 7.98. The molecule has 2 aromatic carbocycles. The Labute approximate surface area is 217 Å². The summed E-state index contributed by atoms with van der Waals surface area (Å²) in [6.07, 6.45) is 4.45. The zero-order valence-corrected chi connectivity index (χ0v) is 21.2. The number of imidazole rings is 1. The van der Waals surface area contributed by atoms with Crippen molar-refractivity contribution in [2.75, 3.05) is 6.54 Å². The second kappa shape index (κ2) is 11.1. The summed E-state index contributed by atoms with van der Waals surface area (Å²) < 4.78 is 2.17. The first-order valence-corrected chi connectivity index (χ1v) is 13.5. The van der Waals surface area contributed by atoms with Crippen LogP contribution >= 0.6 is 34.7 Å². The monoisotopic (exact) mass is 518 g/mol. The molecular formula is C27H23ClN4OS2. The van der Waals surface area contributed by atoms with Crippen LogP contribution in [0.25, 0.3) is 11.0 Å². The molecule has 0 aliphatic carbocycles. The van der Waals surface area contributed by atoms with Gasteiger partial charge in [0.05, 0.1) is 23.8 Å². The van der Waals surface area contributed by atoms with E-state index in [0.29, 0.717) is 18.7 Å². The lowest BCUT2D eigenvalue weighted by Gasteiger charge is -2.10. The van der Waals surface area contributed by atoms with Gasteiger partial charge in [-0.05, 0) is 53.3 Å². The Morgan fingerprint density at radius 1 is 1.06 bits per heavy atom. The van der Waals surface area contributed by atoms with Crippen molar-refractivity contribution in [2.24, 2.45) is 0 Å². The molecule has 35 heavy (non-hydrogen) atoms. The van der Waals surface area contributed by atoms with Crippen LogP contribution in [0.5, 0.6) is 0 Å².